The molecular weight excluding hydrogens is 460 g/mol. The smallest absolute Gasteiger partial charge is 0.337 e. The van der Waals surface area contributed by atoms with Crippen molar-refractivity contribution in [2.24, 2.45) is 0 Å². The van der Waals surface area contributed by atoms with Crippen LogP contribution in [0, 0.1) is 0 Å². The van der Waals surface area contributed by atoms with E-state index >= 15 is 0 Å². The lowest BCUT2D eigenvalue weighted by Crippen LogP contribution is -2.26. The molecule has 0 radical (unpaired) electrons. The summed E-state index contributed by atoms with van der Waals surface area (Å²) in [5.41, 5.74) is 12.3. The molecule has 0 aliphatic rings. The number of nitrogens with one attached hydrogen (secondary N) is 2. The summed E-state index contributed by atoms with van der Waals surface area (Å²) in [4.78, 5) is 32.8. The number of carbonyl (C=O) groups is 2. The predicted octanol–water partition coefficient (Wildman–Crippen LogP) is 4.54. The van der Waals surface area contributed by atoms with Crippen LogP contribution < -0.4 is 21.5 Å². The SMILES string of the molecule is COC(=O)c1cc(Nc2ncnc(NN(c3ccccc3)c3ccccc3)c2N)cc(C(=O)OC)c1. The number of anilines is 6. The number of benzene rings is 3. The van der Waals surface area contributed by atoms with Gasteiger partial charge in [-0.2, -0.15) is 0 Å². The second kappa shape index (κ2) is 10.9. The lowest BCUT2D eigenvalue weighted by atomic mass is 10.1. The lowest BCUT2D eigenvalue weighted by Gasteiger charge is -2.26. The molecule has 182 valence electrons. The monoisotopic (exact) mass is 484 g/mol. The molecule has 1 aromatic heterocycles. The maximum Gasteiger partial charge on any atom is 0.337 e. The molecule has 0 unspecified atom stereocenters. The van der Waals surface area contributed by atoms with Crippen LogP contribution in [0.15, 0.2) is 85.2 Å². The summed E-state index contributed by atoms with van der Waals surface area (Å²) in [6.07, 6.45) is 1.35. The highest BCUT2D eigenvalue weighted by atomic mass is 16.5. The molecule has 0 saturated carbocycles. The molecule has 10 nitrogen and oxygen atoms in total. The molecule has 3 aromatic carbocycles. The van der Waals surface area contributed by atoms with Gasteiger partial charge in [-0.15, -0.1) is 0 Å². The van der Waals surface area contributed by atoms with Crippen molar-refractivity contribution in [1.82, 2.24) is 9.97 Å². The molecule has 0 spiro atoms. The van der Waals surface area contributed by atoms with Crippen LogP contribution in [0.5, 0.6) is 0 Å². The number of hydrogen-bond acceptors (Lipinski definition) is 10. The predicted molar refractivity (Wildman–Crippen MR) is 137 cm³/mol. The lowest BCUT2D eigenvalue weighted by molar-refractivity contribution is 0.0599. The van der Waals surface area contributed by atoms with E-state index in [1.807, 2.05) is 65.7 Å². The van der Waals surface area contributed by atoms with Crippen molar-refractivity contribution in [3.05, 3.63) is 96.3 Å². The molecule has 36 heavy (non-hydrogen) atoms. The van der Waals surface area contributed by atoms with E-state index in [1.165, 1.54) is 38.7 Å². The van der Waals surface area contributed by atoms with E-state index in [-0.39, 0.29) is 22.6 Å². The number of esters is 2. The molecule has 10 heteroatoms. The second-order valence-corrected chi connectivity index (χ2v) is 7.51. The van der Waals surface area contributed by atoms with Gasteiger partial charge in [-0.1, -0.05) is 36.4 Å². The molecule has 0 aliphatic carbocycles. The normalized spacial score (nSPS) is 10.3. The van der Waals surface area contributed by atoms with Crippen LogP contribution in [0.25, 0.3) is 0 Å². The molecule has 4 N–H and O–H groups in total. The Morgan fingerprint density at radius 3 is 1.78 bits per heavy atom. The number of ether oxygens (including phenoxy) is 2. The third-order valence-corrected chi connectivity index (χ3v) is 5.17. The number of para-hydroxylation sites is 2. The van der Waals surface area contributed by atoms with Gasteiger partial charge in [-0.25, -0.2) is 19.6 Å². The Hall–Kier alpha value is -5.12. The molecule has 0 atom stereocenters. The van der Waals surface area contributed by atoms with E-state index in [4.69, 9.17) is 15.2 Å². The van der Waals surface area contributed by atoms with Crippen molar-refractivity contribution >= 4 is 46.3 Å². The topological polar surface area (TPSA) is 132 Å². The van der Waals surface area contributed by atoms with Crippen LogP contribution in [0.3, 0.4) is 0 Å². The third kappa shape index (κ3) is 5.33. The first kappa shape index (κ1) is 24.0. The molecule has 0 bridgehead atoms. The van der Waals surface area contributed by atoms with E-state index in [0.717, 1.165) is 11.4 Å². The van der Waals surface area contributed by atoms with Crippen LogP contribution >= 0.6 is 0 Å². The minimum absolute atomic E-state index is 0.160. The summed E-state index contributed by atoms with van der Waals surface area (Å²) in [6, 6.07) is 23.8. The Balaban J connectivity index is 1.68. The molecule has 0 amide bonds. The van der Waals surface area contributed by atoms with E-state index < -0.39 is 11.9 Å². The van der Waals surface area contributed by atoms with E-state index in [0.29, 0.717) is 11.5 Å². The Kier molecular flexibility index (Phi) is 7.25. The Bertz CT molecular complexity index is 1290. The van der Waals surface area contributed by atoms with Gasteiger partial charge in [-0.3, -0.25) is 10.4 Å². The van der Waals surface area contributed by atoms with Gasteiger partial charge >= 0.3 is 11.9 Å². The van der Waals surface area contributed by atoms with Crippen LogP contribution in [-0.4, -0.2) is 36.1 Å². The average molecular weight is 485 g/mol. The van der Waals surface area contributed by atoms with Gasteiger partial charge in [0.05, 0.1) is 36.7 Å². The zero-order valence-electron chi connectivity index (χ0n) is 19.6. The van der Waals surface area contributed by atoms with Gasteiger partial charge in [0.15, 0.2) is 11.6 Å². The molecule has 1 heterocycles. The Morgan fingerprint density at radius 2 is 1.28 bits per heavy atom. The van der Waals surface area contributed by atoms with Crippen molar-refractivity contribution in [3.8, 4) is 0 Å². The van der Waals surface area contributed by atoms with Gasteiger partial charge in [0.1, 0.15) is 12.0 Å². The Labute approximate surface area is 207 Å². The summed E-state index contributed by atoms with van der Waals surface area (Å²) in [5.74, 6) is -0.602. The van der Waals surface area contributed by atoms with Gasteiger partial charge in [0.25, 0.3) is 0 Å². The van der Waals surface area contributed by atoms with Crippen molar-refractivity contribution in [3.63, 3.8) is 0 Å². The summed E-state index contributed by atoms with van der Waals surface area (Å²) in [5, 5.41) is 4.90. The minimum atomic E-state index is -0.608. The van der Waals surface area contributed by atoms with Crippen LogP contribution in [0.2, 0.25) is 0 Å². The summed E-state index contributed by atoms with van der Waals surface area (Å²) in [6.45, 7) is 0. The fourth-order valence-corrected chi connectivity index (χ4v) is 3.43. The van der Waals surface area contributed by atoms with Crippen LogP contribution in [0.4, 0.5) is 34.4 Å². The fourth-order valence-electron chi connectivity index (χ4n) is 3.43. The first-order chi connectivity index (χ1) is 17.5. The number of aromatic nitrogens is 2. The van der Waals surface area contributed by atoms with Crippen molar-refractivity contribution in [1.29, 1.82) is 0 Å². The summed E-state index contributed by atoms with van der Waals surface area (Å²) >= 11 is 0. The zero-order valence-corrected chi connectivity index (χ0v) is 19.6. The number of nitrogens with zero attached hydrogens (tertiary/aromatic N) is 3. The van der Waals surface area contributed by atoms with Crippen molar-refractivity contribution in [2.45, 2.75) is 0 Å². The number of hydrazine groups is 1. The quantitative estimate of drug-likeness (QED) is 0.242. The summed E-state index contributed by atoms with van der Waals surface area (Å²) < 4.78 is 9.59. The number of nitrogens with two attached hydrogens (primary N) is 1. The standard InChI is InChI=1S/C26H24N6O4/c1-35-25(33)17-13-18(26(34)36-2)15-19(14-17)30-23-22(27)24(29-16-28-23)31-32(20-9-5-3-6-10-20)21-11-7-4-8-12-21/h3-16H,27H2,1-2H3,(H2,28,29,30,31). The third-order valence-electron chi connectivity index (χ3n) is 5.17. The minimum Gasteiger partial charge on any atom is -0.465 e. The maximum absolute atomic E-state index is 12.1. The zero-order chi connectivity index (χ0) is 25.5. The van der Waals surface area contributed by atoms with Crippen LogP contribution in [0.1, 0.15) is 20.7 Å². The molecule has 0 fully saturated rings. The van der Waals surface area contributed by atoms with Gasteiger partial charge in [0, 0.05) is 5.69 Å². The van der Waals surface area contributed by atoms with Gasteiger partial charge in [0.2, 0.25) is 0 Å². The Morgan fingerprint density at radius 1 is 0.778 bits per heavy atom. The van der Waals surface area contributed by atoms with Gasteiger partial charge < -0.3 is 20.5 Å². The van der Waals surface area contributed by atoms with Crippen molar-refractivity contribution < 1.29 is 19.1 Å². The molecule has 0 aliphatic heterocycles. The number of rotatable bonds is 8. The fraction of sp³-hybridized carbons (Fsp3) is 0.0769. The number of methoxy groups -OCH3 is 2. The average Bonchev–Trinajstić information content (AvgIpc) is 2.93. The highest BCUT2D eigenvalue weighted by Crippen LogP contribution is 2.31. The second-order valence-electron chi connectivity index (χ2n) is 7.51. The highest BCUT2D eigenvalue weighted by molar-refractivity contribution is 5.97. The number of nitrogen functional groups attached to an aromatic ring is 1. The van der Waals surface area contributed by atoms with Gasteiger partial charge in [-0.05, 0) is 42.5 Å². The first-order valence-corrected chi connectivity index (χ1v) is 10.9. The van der Waals surface area contributed by atoms with E-state index in [1.54, 1.807) is 0 Å². The maximum atomic E-state index is 12.1. The first-order valence-electron chi connectivity index (χ1n) is 10.9. The molecule has 0 saturated heterocycles. The molecule has 4 rings (SSSR count). The van der Waals surface area contributed by atoms with Crippen LogP contribution in [-0.2, 0) is 9.47 Å². The summed E-state index contributed by atoms with van der Waals surface area (Å²) in [7, 11) is 2.51. The molecular formula is C26H24N6O4. The molecule has 4 aromatic rings. The largest absolute Gasteiger partial charge is 0.465 e. The van der Waals surface area contributed by atoms with Crippen molar-refractivity contribution in [2.75, 3.05) is 35.7 Å². The highest BCUT2D eigenvalue weighted by Gasteiger charge is 2.17. The van der Waals surface area contributed by atoms with E-state index in [2.05, 4.69) is 20.7 Å². The number of carbonyl (C=O) groups excluding carboxylic acids is 2. The van der Waals surface area contributed by atoms with E-state index in [9.17, 15) is 9.59 Å². The number of hydrogen-bond donors (Lipinski definition) is 3.